The van der Waals surface area contributed by atoms with Crippen LogP contribution in [0.25, 0.3) is 0 Å². The van der Waals surface area contributed by atoms with Crippen LogP contribution in [0, 0.1) is 0 Å². The van der Waals surface area contributed by atoms with Crippen LogP contribution in [0.4, 0.5) is 0 Å². The number of carbonyl (C=O) groups is 1. The molecule has 0 aliphatic rings. The first-order valence-electron chi connectivity index (χ1n) is 5.39. The molecule has 0 aromatic heterocycles. The van der Waals surface area contributed by atoms with Crippen LogP contribution in [0.5, 0.6) is 0 Å². The fraction of sp³-hybridized carbons (Fsp3) is 0.273. The molecule has 1 rings (SSSR count). The molecular formula is C11H15N3O4S. The van der Waals surface area contributed by atoms with Gasteiger partial charge in [0.2, 0.25) is 0 Å². The van der Waals surface area contributed by atoms with Gasteiger partial charge >= 0.3 is 0 Å². The molecule has 0 aliphatic carbocycles. The standard InChI is InChI=1S/C11H15N3O4S/c1-19(17,18)9-4-2-8(3-5-9)11(15)13-7-6-10(12)14-16/h2-5,16H,6-7H2,1H3,(H2,12,14)(H,13,15). The molecule has 8 heteroatoms. The maximum absolute atomic E-state index is 11.7. The van der Waals surface area contributed by atoms with Crippen molar-refractivity contribution in [2.24, 2.45) is 10.9 Å². The number of oxime groups is 1. The maximum Gasteiger partial charge on any atom is 0.251 e. The largest absolute Gasteiger partial charge is 0.409 e. The molecule has 0 spiro atoms. The highest BCUT2D eigenvalue weighted by atomic mass is 32.2. The molecule has 0 unspecified atom stereocenters. The molecule has 0 atom stereocenters. The van der Waals surface area contributed by atoms with Gasteiger partial charge in [-0.1, -0.05) is 5.16 Å². The summed E-state index contributed by atoms with van der Waals surface area (Å²) in [5, 5.41) is 13.7. The summed E-state index contributed by atoms with van der Waals surface area (Å²) in [4.78, 5) is 11.8. The van der Waals surface area contributed by atoms with Crippen LogP contribution in [-0.4, -0.2) is 38.2 Å². The van der Waals surface area contributed by atoms with E-state index in [2.05, 4.69) is 10.5 Å². The highest BCUT2D eigenvalue weighted by Crippen LogP contribution is 2.10. The van der Waals surface area contributed by atoms with Gasteiger partial charge in [0.25, 0.3) is 5.91 Å². The van der Waals surface area contributed by atoms with Gasteiger partial charge in [0.15, 0.2) is 9.84 Å². The van der Waals surface area contributed by atoms with E-state index in [0.29, 0.717) is 5.56 Å². The third-order valence-corrected chi connectivity index (χ3v) is 3.47. The number of carbonyl (C=O) groups excluding carboxylic acids is 1. The van der Waals surface area contributed by atoms with E-state index in [9.17, 15) is 13.2 Å². The molecule has 1 amide bonds. The number of sulfone groups is 1. The number of nitrogens with two attached hydrogens (primary N) is 1. The summed E-state index contributed by atoms with van der Waals surface area (Å²) >= 11 is 0. The minimum atomic E-state index is -3.27. The third-order valence-electron chi connectivity index (χ3n) is 2.34. The van der Waals surface area contributed by atoms with E-state index >= 15 is 0 Å². The summed E-state index contributed by atoms with van der Waals surface area (Å²) in [6.07, 6.45) is 1.32. The predicted octanol–water partition coefficient (Wildman–Crippen LogP) is -0.0436. The molecule has 0 saturated carbocycles. The first-order chi connectivity index (χ1) is 8.84. The van der Waals surface area contributed by atoms with Crippen LogP contribution in [0.2, 0.25) is 0 Å². The molecule has 1 aromatic rings. The number of benzene rings is 1. The van der Waals surface area contributed by atoms with E-state index in [0.717, 1.165) is 6.26 Å². The minimum Gasteiger partial charge on any atom is -0.409 e. The number of hydrogen-bond acceptors (Lipinski definition) is 5. The molecule has 0 bridgehead atoms. The van der Waals surface area contributed by atoms with Crippen molar-refractivity contribution < 1.29 is 18.4 Å². The van der Waals surface area contributed by atoms with Crippen molar-refractivity contribution in [1.82, 2.24) is 5.32 Å². The number of amides is 1. The SMILES string of the molecule is CS(=O)(=O)c1ccc(C(=O)NCCC(N)=NO)cc1. The fourth-order valence-corrected chi connectivity index (χ4v) is 1.94. The number of amidine groups is 1. The van der Waals surface area contributed by atoms with E-state index in [4.69, 9.17) is 10.9 Å². The zero-order valence-electron chi connectivity index (χ0n) is 10.3. The van der Waals surface area contributed by atoms with Gasteiger partial charge in [-0.2, -0.15) is 0 Å². The van der Waals surface area contributed by atoms with Crippen LogP contribution < -0.4 is 11.1 Å². The van der Waals surface area contributed by atoms with E-state index in [-0.39, 0.29) is 29.6 Å². The van der Waals surface area contributed by atoms with Gasteiger partial charge in [0.1, 0.15) is 5.84 Å². The highest BCUT2D eigenvalue weighted by Gasteiger charge is 2.09. The van der Waals surface area contributed by atoms with Crippen LogP contribution in [0.15, 0.2) is 34.3 Å². The van der Waals surface area contributed by atoms with Crippen molar-refractivity contribution in [3.63, 3.8) is 0 Å². The molecule has 0 aliphatic heterocycles. The minimum absolute atomic E-state index is 0.0210. The summed E-state index contributed by atoms with van der Waals surface area (Å²) in [6, 6.07) is 5.59. The van der Waals surface area contributed by atoms with Crippen LogP contribution in [0.1, 0.15) is 16.8 Å². The number of nitrogens with zero attached hydrogens (tertiary/aromatic N) is 1. The Balaban J connectivity index is 2.64. The Hall–Kier alpha value is -2.09. The third kappa shape index (κ3) is 4.59. The Kier molecular flexibility index (Phi) is 4.87. The molecule has 0 heterocycles. The number of rotatable bonds is 5. The van der Waals surface area contributed by atoms with E-state index in [1.807, 2.05) is 0 Å². The molecule has 0 radical (unpaired) electrons. The average Bonchev–Trinajstić information content (AvgIpc) is 2.37. The van der Waals surface area contributed by atoms with Crippen molar-refractivity contribution in [2.45, 2.75) is 11.3 Å². The summed E-state index contributed by atoms with van der Waals surface area (Å²) in [6.45, 7) is 0.225. The fourth-order valence-electron chi connectivity index (χ4n) is 1.31. The quantitative estimate of drug-likeness (QED) is 0.303. The Bertz CT molecular complexity index is 578. The second-order valence-electron chi connectivity index (χ2n) is 3.89. The van der Waals surface area contributed by atoms with Crippen molar-refractivity contribution in [3.8, 4) is 0 Å². The molecule has 1 aromatic carbocycles. The van der Waals surface area contributed by atoms with Gasteiger partial charge in [-0.15, -0.1) is 0 Å². The van der Waals surface area contributed by atoms with Crippen LogP contribution in [-0.2, 0) is 9.84 Å². The summed E-state index contributed by atoms with van der Waals surface area (Å²) in [7, 11) is -3.27. The predicted molar refractivity (Wildman–Crippen MR) is 69.9 cm³/mol. The van der Waals surface area contributed by atoms with Gasteiger partial charge in [0.05, 0.1) is 4.90 Å². The average molecular weight is 285 g/mol. The van der Waals surface area contributed by atoms with Gasteiger partial charge in [-0.25, -0.2) is 8.42 Å². The number of nitrogens with one attached hydrogen (secondary N) is 1. The maximum atomic E-state index is 11.7. The van der Waals surface area contributed by atoms with Crippen molar-refractivity contribution in [1.29, 1.82) is 0 Å². The topological polar surface area (TPSA) is 122 Å². The smallest absolute Gasteiger partial charge is 0.251 e. The molecule has 0 fully saturated rings. The van der Waals surface area contributed by atoms with Gasteiger partial charge < -0.3 is 16.3 Å². The molecule has 4 N–H and O–H groups in total. The molecule has 19 heavy (non-hydrogen) atoms. The molecule has 7 nitrogen and oxygen atoms in total. The molecule has 104 valence electrons. The Morgan fingerprint density at radius 2 is 1.95 bits per heavy atom. The summed E-state index contributed by atoms with van der Waals surface area (Å²) in [5.74, 6) is -0.335. The van der Waals surface area contributed by atoms with Crippen molar-refractivity contribution >= 4 is 21.6 Å². The lowest BCUT2D eigenvalue weighted by molar-refractivity contribution is 0.0954. The highest BCUT2D eigenvalue weighted by molar-refractivity contribution is 7.90. The zero-order valence-corrected chi connectivity index (χ0v) is 11.1. The van der Waals surface area contributed by atoms with Gasteiger partial charge in [-0.05, 0) is 24.3 Å². The summed E-state index contributed by atoms with van der Waals surface area (Å²) < 4.78 is 22.5. The van der Waals surface area contributed by atoms with E-state index in [1.165, 1.54) is 24.3 Å². The Morgan fingerprint density at radius 3 is 2.42 bits per heavy atom. The van der Waals surface area contributed by atoms with Gasteiger partial charge in [-0.3, -0.25) is 4.79 Å². The lowest BCUT2D eigenvalue weighted by atomic mass is 10.2. The lowest BCUT2D eigenvalue weighted by Crippen LogP contribution is -2.28. The van der Waals surface area contributed by atoms with Crippen LogP contribution in [0.3, 0.4) is 0 Å². The normalized spacial score (nSPS) is 12.2. The first kappa shape index (κ1) is 15.0. The van der Waals surface area contributed by atoms with Gasteiger partial charge in [0, 0.05) is 24.8 Å². The Labute approximate surface area is 111 Å². The van der Waals surface area contributed by atoms with E-state index < -0.39 is 9.84 Å². The van der Waals surface area contributed by atoms with Crippen molar-refractivity contribution in [2.75, 3.05) is 12.8 Å². The zero-order chi connectivity index (χ0) is 14.5. The molecule has 0 saturated heterocycles. The lowest BCUT2D eigenvalue weighted by Gasteiger charge is -2.05. The number of hydrogen-bond donors (Lipinski definition) is 3. The van der Waals surface area contributed by atoms with Crippen LogP contribution >= 0.6 is 0 Å². The van der Waals surface area contributed by atoms with Crippen molar-refractivity contribution in [3.05, 3.63) is 29.8 Å². The Morgan fingerprint density at radius 1 is 1.37 bits per heavy atom. The second kappa shape index (κ2) is 6.19. The first-order valence-corrected chi connectivity index (χ1v) is 7.28. The summed E-state index contributed by atoms with van der Waals surface area (Å²) in [5.41, 5.74) is 5.59. The second-order valence-corrected chi connectivity index (χ2v) is 5.91. The molecular weight excluding hydrogens is 270 g/mol. The van der Waals surface area contributed by atoms with E-state index in [1.54, 1.807) is 0 Å². The monoisotopic (exact) mass is 285 g/mol.